The third kappa shape index (κ3) is 4.13. The maximum atomic E-state index is 15.0. The predicted octanol–water partition coefficient (Wildman–Crippen LogP) is 5.19. The fraction of sp³-hybridized carbons (Fsp3) is 0.296. The van der Waals surface area contributed by atoms with Crippen LogP contribution in [0.2, 0.25) is 0 Å². The van der Waals surface area contributed by atoms with E-state index in [2.05, 4.69) is 15.3 Å². The van der Waals surface area contributed by atoms with Gasteiger partial charge in [-0.25, -0.2) is 13.8 Å². The van der Waals surface area contributed by atoms with E-state index < -0.39 is 23.3 Å². The maximum Gasteiger partial charge on any atom is 0.262 e. The number of halogens is 2. The van der Waals surface area contributed by atoms with Gasteiger partial charge in [0.1, 0.15) is 17.5 Å². The van der Waals surface area contributed by atoms with Crippen LogP contribution in [0.3, 0.4) is 0 Å². The molecule has 35 heavy (non-hydrogen) atoms. The van der Waals surface area contributed by atoms with Gasteiger partial charge in [0.05, 0.1) is 23.0 Å². The summed E-state index contributed by atoms with van der Waals surface area (Å²) in [6.45, 7) is 3.60. The van der Waals surface area contributed by atoms with Crippen LogP contribution in [0.1, 0.15) is 65.7 Å². The van der Waals surface area contributed by atoms with Crippen LogP contribution in [0.15, 0.2) is 59.7 Å². The molecule has 5 rings (SSSR count). The lowest BCUT2D eigenvalue weighted by atomic mass is 9.98. The molecule has 2 atom stereocenters. The summed E-state index contributed by atoms with van der Waals surface area (Å²) in [5.74, 6) is -0.739. The Kier molecular flexibility index (Phi) is 5.96. The molecule has 1 saturated carbocycles. The van der Waals surface area contributed by atoms with Crippen molar-refractivity contribution in [1.82, 2.24) is 19.9 Å². The predicted molar refractivity (Wildman–Crippen MR) is 129 cm³/mol. The first-order valence-corrected chi connectivity index (χ1v) is 11.8. The van der Waals surface area contributed by atoms with Crippen LogP contribution in [0, 0.1) is 24.5 Å². The number of hydrogen-bond acceptors (Lipinski definition) is 3. The minimum Gasteiger partial charge on any atom is -0.347 e. The van der Waals surface area contributed by atoms with Crippen LogP contribution in [0.5, 0.6) is 0 Å². The van der Waals surface area contributed by atoms with E-state index in [1.807, 2.05) is 6.92 Å². The number of carbonyl (C=O) groups excluding carboxylic acids is 1. The van der Waals surface area contributed by atoms with Crippen molar-refractivity contribution in [3.8, 4) is 0 Å². The van der Waals surface area contributed by atoms with Crippen LogP contribution >= 0.6 is 0 Å². The number of nitrogens with zero attached hydrogens (tertiary/aromatic N) is 2. The van der Waals surface area contributed by atoms with Gasteiger partial charge in [0.25, 0.3) is 11.5 Å². The summed E-state index contributed by atoms with van der Waals surface area (Å²) in [6, 6.07) is 9.63. The molecule has 1 fully saturated rings. The second-order valence-electron chi connectivity index (χ2n) is 9.04. The van der Waals surface area contributed by atoms with E-state index in [1.54, 1.807) is 37.5 Å². The largest absolute Gasteiger partial charge is 0.347 e. The van der Waals surface area contributed by atoms with E-state index in [-0.39, 0.29) is 34.1 Å². The van der Waals surface area contributed by atoms with E-state index in [0.29, 0.717) is 23.5 Å². The second-order valence-corrected chi connectivity index (χ2v) is 9.04. The summed E-state index contributed by atoms with van der Waals surface area (Å²) in [6.07, 6.45) is 5.60. The first kappa shape index (κ1) is 23.0. The van der Waals surface area contributed by atoms with Crippen molar-refractivity contribution in [2.24, 2.45) is 5.92 Å². The van der Waals surface area contributed by atoms with Crippen LogP contribution in [-0.2, 0) is 0 Å². The minimum absolute atomic E-state index is 0.137. The van der Waals surface area contributed by atoms with E-state index in [0.717, 1.165) is 12.8 Å². The van der Waals surface area contributed by atoms with E-state index in [1.165, 1.54) is 28.8 Å². The molecule has 6 nitrogen and oxygen atoms in total. The second kappa shape index (κ2) is 9.09. The first-order chi connectivity index (χ1) is 16.9. The number of aromatic amines is 1. The molecule has 2 heterocycles. The van der Waals surface area contributed by atoms with Crippen LogP contribution in [0.4, 0.5) is 8.78 Å². The number of rotatable bonds is 7. The number of carbonyl (C=O) groups is 1. The number of imidazole rings is 1. The topological polar surface area (TPSA) is 79.8 Å². The zero-order valence-corrected chi connectivity index (χ0v) is 19.5. The summed E-state index contributed by atoms with van der Waals surface area (Å²) in [4.78, 5) is 34.7. The lowest BCUT2D eigenvalue weighted by molar-refractivity contribution is 0.0931. The Bertz CT molecular complexity index is 1460. The van der Waals surface area contributed by atoms with Gasteiger partial charge in [-0.05, 0) is 55.9 Å². The Morgan fingerprint density at radius 2 is 2.00 bits per heavy atom. The molecule has 1 unspecified atom stereocenters. The number of nitrogens with one attached hydrogen (secondary N) is 2. The van der Waals surface area contributed by atoms with Crippen LogP contribution < -0.4 is 10.9 Å². The molecule has 0 spiro atoms. The van der Waals surface area contributed by atoms with E-state index >= 15 is 4.39 Å². The number of H-pyrrole nitrogens is 1. The molecular formula is C27H26F2N4O2. The van der Waals surface area contributed by atoms with Gasteiger partial charge < -0.3 is 14.9 Å². The maximum absolute atomic E-state index is 15.0. The van der Waals surface area contributed by atoms with Gasteiger partial charge in [-0.15, -0.1) is 0 Å². The lowest BCUT2D eigenvalue weighted by Crippen LogP contribution is -2.35. The Hall–Kier alpha value is -3.81. The Balaban J connectivity index is 1.67. The number of fused-ring (bicyclic) bond motifs is 1. The molecule has 2 aromatic carbocycles. The molecule has 0 radical (unpaired) electrons. The lowest BCUT2D eigenvalue weighted by Gasteiger charge is -2.24. The summed E-state index contributed by atoms with van der Waals surface area (Å²) in [5, 5.41) is 3.18. The van der Waals surface area contributed by atoms with Gasteiger partial charge in [0.2, 0.25) is 0 Å². The Labute approximate surface area is 201 Å². The summed E-state index contributed by atoms with van der Waals surface area (Å²) in [7, 11) is 0. The normalized spacial score (nSPS) is 15.2. The highest BCUT2D eigenvalue weighted by Gasteiger charge is 2.35. The highest BCUT2D eigenvalue weighted by Crippen LogP contribution is 2.41. The van der Waals surface area contributed by atoms with Gasteiger partial charge >= 0.3 is 0 Å². The average Bonchev–Trinajstić information content (AvgIpc) is 3.53. The number of amides is 1. The van der Waals surface area contributed by atoms with Gasteiger partial charge in [0.15, 0.2) is 0 Å². The van der Waals surface area contributed by atoms with Crippen molar-refractivity contribution >= 4 is 16.7 Å². The minimum atomic E-state index is -0.687. The average molecular weight is 477 g/mol. The zero-order valence-electron chi connectivity index (χ0n) is 19.5. The third-order valence-corrected chi connectivity index (χ3v) is 6.79. The first-order valence-electron chi connectivity index (χ1n) is 11.8. The molecule has 8 heteroatoms. The van der Waals surface area contributed by atoms with Crippen molar-refractivity contribution in [3.63, 3.8) is 0 Å². The molecule has 1 aliphatic carbocycles. The molecule has 2 N–H and O–H groups in total. The molecule has 1 aliphatic rings. The van der Waals surface area contributed by atoms with Crippen molar-refractivity contribution < 1.29 is 13.6 Å². The monoisotopic (exact) mass is 476 g/mol. The molecular weight excluding hydrogens is 450 g/mol. The fourth-order valence-corrected chi connectivity index (χ4v) is 4.97. The Morgan fingerprint density at radius 1 is 1.23 bits per heavy atom. The molecule has 2 aromatic heterocycles. The summed E-state index contributed by atoms with van der Waals surface area (Å²) >= 11 is 0. The van der Waals surface area contributed by atoms with Crippen molar-refractivity contribution in [2.75, 3.05) is 0 Å². The van der Waals surface area contributed by atoms with E-state index in [9.17, 15) is 14.0 Å². The van der Waals surface area contributed by atoms with Crippen molar-refractivity contribution in [1.29, 1.82) is 0 Å². The fourth-order valence-electron chi connectivity index (χ4n) is 4.97. The van der Waals surface area contributed by atoms with Crippen LogP contribution in [0.25, 0.3) is 10.8 Å². The van der Waals surface area contributed by atoms with E-state index in [4.69, 9.17) is 0 Å². The van der Waals surface area contributed by atoms with Gasteiger partial charge in [-0.3, -0.25) is 9.59 Å². The Morgan fingerprint density at radius 3 is 2.66 bits per heavy atom. The zero-order chi connectivity index (χ0) is 24.7. The SMILES string of the molecule is CCC(c1ncc[nH]1)n1c(C)c(C(=O)N[C@H](c2cccc(F)c2)C2CC2)c2cccc(F)c2c1=O. The van der Waals surface area contributed by atoms with Crippen LogP contribution in [-0.4, -0.2) is 20.4 Å². The molecule has 1 amide bonds. The highest BCUT2D eigenvalue weighted by atomic mass is 19.1. The molecule has 180 valence electrons. The van der Waals surface area contributed by atoms with Gasteiger partial charge in [0, 0.05) is 23.5 Å². The number of hydrogen-bond donors (Lipinski definition) is 2. The third-order valence-electron chi connectivity index (χ3n) is 6.79. The molecule has 4 aromatic rings. The summed E-state index contributed by atoms with van der Waals surface area (Å²) < 4.78 is 30.4. The van der Waals surface area contributed by atoms with Crippen molar-refractivity contribution in [3.05, 3.63) is 99.5 Å². The van der Waals surface area contributed by atoms with Gasteiger partial charge in [-0.2, -0.15) is 0 Å². The number of benzene rings is 2. The molecule has 0 bridgehead atoms. The highest BCUT2D eigenvalue weighted by molar-refractivity contribution is 6.08. The van der Waals surface area contributed by atoms with Gasteiger partial charge in [-0.1, -0.05) is 31.2 Å². The quantitative estimate of drug-likeness (QED) is 0.385. The number of pyridine rings is 1. The van der Waals surface area contributed by atoms with Crippen molar-refractivity contribution in [2.45, 2.75) is 45.2 Å². The standard InChI is InChI=1S/C27H26F2N4O2/c1-3-21(25-30-12-13-31-25)33-15(2)22(19-8-5-9-20(29)23(19)27(33)35)26(34)32-24(16-10-11-16)17-6-4-7-18(28)14-17/h4-9,12-14,16,21,24H,3,10-11H2,1-2H3,(H,30,31)(H,32,34)/t21?,24-/m0/s1. The molecule has 0 saturated heterocycles. The number of aromatic nitrogens is 3. The molecule has 0 aliphatic heterocycles. The smallest absolute Gasteiger partial charge is 0.262 e. The summed E-state index contributed by atoms with van der Waals surface area (Å²) in [5.41, 5.74) is 0.817.